The van der Waals surface area contributed by atoms with Crippen molar-refractivity contribution >= 4 is 21.6 Å². The predicted molar refractivity (Wildman–Crippen MR) is 78.0 cm³/mol. The minimum atomic E-state index is -0.114. The van der Waals surface area contributed by atoms with Crippen molar-refractivity contribution in [2.24, 2.45) is 0 Å². The Morgan fingerprint density at radius 2 is 2.17 bits per heavy atom. The number of alkyl halides is 1. The lowest BCUT2D eigenvalue weighted by molar-refractivity contribution is 0.213. The van der Waals surface area contributed by atoms with E-state index in [2.05, 4.69) is 39.7 Å². The molecule has 1 saturated heterocycles. The van der Waals surface area contributed by atoms with Crippen molar-refractivity contribution in [3.63, 3.8) is 0 Å². The molecule has 0 spiro atoms. The van der Waals surface area contributed by atoms with Crippen LogP contribution in [0.25, 0.3) is 0 Å². The number of likely N-dealkylation sites (N-methyl/N-ethyl adjacent to an activating group) is 1. The van der Waals surface area contributed by atoms with Crippen molar-refractivity contribution in [1.29, 1.82) is 0 Å². The zero-order chi connectivity index (χ0) is 13.1. The lowest BCUT2D eigenvalue weighted by Crippen LogP contribution is -2.51. The Morgan fingerprint density at radius 3 is 2.83 bits per heavy atom. The maximum atomic E-state index is 13.8. The van der Waals surface area contributed by atoms with Crippen molar-refractivity contribution in [3.05, 3.63) is 29.6 Å². The number of hydrogen-bond acceptors (Lipinski definition) is 2. The summed E-state index contributed by atoms with van der Waals surface area (Å²) < 4.78 is 13.8. The molecular weight excluding hydrogens is 295 g/mol. The van der Waals surface area contributed by atoms with Crippen molar-refractivity contribution in [1.82, 2.24) is 4.90 Å². The summed E-state index contributed by atoms with van der Waals surface area (Å²) in [5.41, 5.74) is 1.82. The Labute approximate surface area is 117 Å². The van der Waals surface area contributed by atoms with Crippen molar-refractivity contribution in [2.45, 2.75) is 24.7 Å². The van der Waals surface area contributed by atoms with Gasteiger partial charge in [0.15, 0.2) is 0 Å². The molecule has 0 saturated carbocycles. The molecule has 0 N–H and O–H groups in total. The second kappa shape index (κ2) is 6.02. The molecule has 1 unspecified atom stereocenters. The van der Waals surface area contributed by atoms with Gasteiger partial charge in [0.1, 0.15) is 5.82 Å². The number of hydrogen-bond donors (Lipinski definition) is 0. The molecule has 2 rings (SSSR count). The maximum Gasteiger partial charge on any atom is 0.129 e. The molecule has 1 atom stereocenters. The Balaban J connectivity index is 2.24. The van der Waals surface area contributed by atoms with Gasteiger partial charge in [0.05, 0.1) is 0 Å². The lowest BCUT2D eigenvalue weighted by atomic mass is 10.1. The van der Waals surface area contributed by atoms with Gasteiger partial charge in [0.2, 0.25) is 0 Å². The first-order valence-corrected chi connectivity index (χ1v) is 7.58. The summed E-state index contributed by atoms with van der Waals surface area (Å²) in [6, 6.07) is 5.92. The molecule has 1 aliphatic heterocycles. The van der Waals surface area contributed by atoms with Crippen molar-refractivity contribution in [3.8, 4) is 0 Å². The summed E-state index contributed by atoms with van der Waals surface area (Å²) in [6.45, 7) is 5.20. The van der Waals surface area contributed by atoms with Crippen molar-refractivity contribution < 1.29 is 4.39 Å². The van der Waals surface area contributed by atoms with Gasteiger partial charge in [-0.3, -0.25) is 4.90 Å². The minimum absolute atomic E-state index is 0.114. The van der Waals surface area contributed by atoms with Crippen LogP contribution in [0.1, 0.15) is 18.9 Å². The highest BCUT2D eigenvalue weighted by molar-refractivity contribution is 9.08. The summed E-state index contributed by atoms with van der Waals surface area (Å²) in [6.07, 6.45) is 1.13. The number of halogens is 2. The quantitative estimate of drug-likeness (QED) is 0.790. The third kappa shape index (κ3) is 2.69. The molecule has 1 heterocycles. The monoisotopic (exact) mass is 314 g/mol. The standard InChI is InChI=1S/C14H20BrFN2/c1-3-11-10-18(8-7-17(11)2)14-6-4-5-13(16)12(14)9-15/h4-6,11H,3,7-10H2,1-2H3. The Morgan fingerprint density at radius 1 is 1.39 bits per heavy atom. The van der Waals surface area contributed by atoms with E-state index < -0.39 is 0 Å². The molecule has 1 aromatic rings. The molecule has 100 valence electrons. The smallest absolute Gasteiger partial charge is 0.129 e. The van der Waals surface area contributed by atoms with E-state index >= 15 is 0 Å². The molecule has 2 nitrogen and oxygen atoms in total. The highest BCUT2D eigenvalue weighted by Crippen LogP contribution is 2.27. The largest absolute Gasteiger partial charge is 0.368 e. The van der Waals surface area contributed by atoms with Crippen LogP contribution in [0.3, 0.4) is 0 Å². The Bertz CT molecular complexity index is 411. The molecular formula is C14H20BrFN2. The molecule has 0 aliphatic carbocycles. The second-order valence-electron chi connectivity index (χ2n) is 4.86. The SMILES string of the molecule is CCC1CN(c2cccc(F)c2CBr)CCN1C. The van der Waals surface area contributed by atoms with Crippen LogP contribution in [0.4, 0.5) is 10.1 Å². The average Bonchev–Trinajstić information content (AvgIpc) is 2.39. The number of rotatable bonds is 3. The third-order valence-corrected chi connectivity index (χ3v) is 4.38. The molecule has 1 aliphatic rings. The summed E-state index contributed by atoms with van der Waals surface area (Å²) in [7, 11) is 2.17. The highest BCUT2D eigenvalue weighted by Gasteiger charge is 2.24. The molecule has 4 heteroatoms. The van der Waals surface area contributed by atoms with E-state index in [0.29, 0.717) is 11.4 Å². The molecule has 0 bridgehead atoms. The molecule has 0 amide bonds. The topological polar surface area (TPSA) is 6.48 Å². The van der Waals surface area contributed by atoms with Crippen LogP contribution in [0.2, 0.25) is 0 Å². The van der Waals surface area contributed by atoms with Gasteiger partial charge >= 0.3 is 0 Å². The van der Waals surface area contributed by atoms with Crippen LogP contribution in [0.5, 0.6) is 0 Å². The molecule has 1 fully saturated rings. The van der Waals surface area contributed by atoms with Gasteiger partial charge in [-0.1, -0.05) is 28.9 Å². The van der Waals surface area contributed by atoms with Crippen LogP contribution in [0, 0.1) is 5.82 Å². The van der Waals surface area contributed by atoms with Crippen molar-refractivity contribution in [2.75, 3.05) is 31.6 Å². The maximum absolute atomic E-state index is 13.8. The Hall–Kier alpha value is -0.610. The number of benzene rings is 1. The first-order chi connectivity index (χ1) is 8.67. The van der Waals surface area contributed by atoms with Crippen LogP contribution in [0.15, 0.2) is 18.2 Å². The van der Waals surface area contributed by atoms with E-state index in [1.165, 1.54) is 6.07 Å². The van der Waals surface area contributed by atoms with E-state index in [0.717, 1.165) is 37.3 Å². The first kappa shape index (κ1) is 13.8. The molecule has 0 aromatic heterocycles. The van der Waals surface area contributed by atoms with E-state index in [9.17, 15) is 4.39 Å². The van der Waals surface area contributed by atoms with Crippen LogP contribution < -0.4 is 4.90 Å². The summed E-state index contributed by atoms with van der Waals surface area (Å²) in [4.78, 5) is 4.71. The fraction of sp³-hybridized carbons (Fsp3) is 0.571. The van der Waals surface area contributed by atoms with E-state index in [1.807, 2.05) is 6.07 Å². The number of nitrogens with zero attached hydrogens (tertiary/aromatic N) is 2. The van der Waals surface area contributed by atoms with Gasteiger partial charge in [0.25, 0.3) is 0 Å². The summed E-state index contributed by atoms with van der Waals surface area (Å²) >= 11 is 3.39. The van der Waals surface area contributed by atoms with E-state index in [4.69, 9.17) is 0 Å². The lowest BCUT2D eigenvalue weighted by Gasteiger charge is -2.41. The zero-order valence-electron chi connectivity index (χ0n) is 11.0. The van der Waals surface area contributed by atoms with Gasteiger partial charge in [-0.15, -0.1) is 0 Å². The molecule has 18 heavy (non-hydrogen) atoms. The minimum Gasteiger partial charge on any atom is -0.368 e. The summed E-state index contributed by atoms with van der Waals surface area (Å²) in [5, 5.41) is 0.568. The van der Waals surface area contributed by atoms with Crippen LogP contribution in [-0.4, -0.2) is 37.6 Å². The fourth-order valence-electron chi connectivity index (χ4n) is 2.58. The van der Waals surface area contributed by atoms with Gasteiger partial charge < -0.3 is 4.90 Å². The van der Waals surface area contributed by atoms with E-state index in [1.54, 1.807) is 6.07 Å². The first-order valence-electron chi connectivity index (χ1n) is 6.46. The van der Waals surface area contributed by atoms with Gasteiger partial charge in [0, 0.05) is 42.3 Å². The summed E-state index contributed by atoms with van der Waals surface area (Å²) in [5.74, 6) is -0.114. The second-order valence-corrected chi connectivity index (χ2v) is 5.42. The number of anilines is 1. The van der Waals surface area contributed by atoms with E-state index in [-0.39, 0.29) is 5.82 Å². The average molecular weight is 315 g/mol. The van der Waals surface area contributed by atoms with Crippen LogP contribution in [-0.2, 0) is 5.33 Å². The van der Waals surface area contributed by atoms with Gasteiger partial charge in [-0.2, -0.15) is 0 Å². The highest BCUT2D eigenvalue weighted by atomic mass is 79.9. The number of piperazine rings is 1. The fourth-order valence-corrected chi connectivity index (χ4v) is 3.14. The Kier molecular flexibility index (Phi) is 4.62. The normalized spacial score (nSPS) is 21.3. The molecule has 0 radical (unpaired) electrons. The zero-order valence-corrected chi connectivity index (χ0v) is 12.6. The van der Waals surface area contributed by atoms with Gasteiger partial charge in [-0.25, -0.2) is 4.39 Å². The van der Waals surface area contributed by atoms with Gasteiger partial charge in [-0.05, 0) is 25.6 Å². The van der Waals surface area contributed by atoms with Crippen LogP contribution >= 0.6 is 15.9 Å². The third-order valence-electron chi connectivity index (χ3n) is 3.82. The predicted octanol–water partition coefficient (Wildman–Crippen LogP) is 3.25. The molecule has 1 aromatic carbocycles.